The fourth-order valence-electron chi connectivity index (χ4n) is 2.45. The average molecular weight is 261 g/mol. The van der Waals surface area contributed by atoms with Crippen molar-refractivity contribution in [2.45, 2.75) is 6.04 Å². The van der Waals surface area contributed by atoms with E-state index >= 15 is 0 Å². The molecule has 5 nitrogen and oxygen atoms in total. The minimum Gasteiger partial charge on any atom is -0.378 e. The Bertz CT molecular complexity index is 426. The molecule has 0 unspecified atom stereocenters. The highest BCUT2D eigenvalue weighted by atomic mass is 16.5. The van der Waals surface area contributed by atoms with Crippen LogP contribution in [0.4, 0.5) is 10.5 Å². The van der Waals surface area contributed by atoms with Crippen molar-refractivity contribution in [1.82, 2.24) is 9.80 Å². The Morgan fingerprint density at radius 1 is 1.11 bits per heavy atom. The molecule has 0 bridgehead atoms. The fourth-order valence-corrected chi connectivity index (χ4v) is 2.45. The molecule has 2 fully saturated rings. The van der Waals surface area contributed by atoms with Crippen molar-refractivity contribution in [1.29, 1.82) is 0 Å². The monoisotopic (exact) mass is 261 g/mol. The molecule has 19 heavy (non-hydrogen) atoms. The zero-order valence-corrected chi connectivity index (χ0v) is 10.9. The Morgan fingerprint density at radius 3 is 2.37 bits per heavy atom. The smallest absolute Gasteiger partial charge is 0.321 e. The molecule has 1 aromatic carbocycles. The van der Waals surface area contributed by atoms with Crippen LogP contribution in [0.1, 0.15) is 0 Å². The number of rotatable bonds is 2. The Morgan fingerprint density at radius 2 is 1.79 bits per heavy atom. The molecular weight excluding hydrogens is 242 g/mol. The van der Waals surface area contributed by atoms with Crippen LogP contribution in [0, 0.1) is 0 Å². The molecule has 1 N–H and O–H groups in total. The number of amides is 2. The topological polar surface area (TPSA) is 44.8 Å². The van der Waals surface area contributed by atoms with E-state index in [-0.39, 0.29) is 6.03 Å². The Kier molecular flexibility index (Phi) is 3.66. The molecule has 0 aromatic heterocycles. The summed E-state index contributed by atoms with van der Waals surface area (Å²) in [5.41, 5.74) is 0.849. The van der Waals surface area contributed by atoms with E-state index in [1.54, 1.807) is 0 Å². The molecule has 2 saturated heterocycles. The number of ether oxygens (including phenoxy) is 1. The van der Waals surface area contributed by atoms with E-state index in [0.29, 0.717) is 6.04 Å². The largest absolute Gasteiger partial charge is 0.378 e. The van der Waals surface area contributed by atoms with Gasteiger partial charge in [-0.15, -0.1) is 0 Å². The second kappa shape index (κ2) is 5.59. The van der Waals surface area contributed by atoms with Crippen LogP contribution in [0.5, 0.6) is 0 Å². The lowest BCUT2D eigenvalue weighted by Gasteiger charge is -2.42. The maximum absolute atomic E-state index is 12.1. The van der Waals surface area contributed by atoms with Gasteiger partial charge in [0, 0.05) is 31.9 Å². The first-order valence-corrected chi connectivity index (χ1v) is 6.76. The summed E-state index contributed by atoms with van der Waals surface area (Å²) in [5.74, 6) is 0. The minimum absolute atomic E-state index is 0.00397. The van der Waals surface area contributed by atoms with Crippen molar-refractivity contribution < 1.29 is 9.53 Å². The van der Waals surface area contributed by atoms with Gasteiger partial charge in [-0.05, 0) is 12.1 Å². The Hall–Kier alpha value is -1.59. The SMILES string of the molecule is O=C(Nc1ccccc1)N1CCN(C2COC2)CC1. The molecule has 0 spiro atoms. The number of carbonyl (C=O) groups is 1. The first-order chi connectivity index (χ1) is 9.33. The van der Waals surface area contributed by atoms with Crippen LogP contribution in [-0.4, -0.2) is 61.3 Å². The van der Waals surface area contributed by atoms with Crippen molar-refractivity contribution in [2.24, 2.45) is 0 Å². The normalized spacial score (nSPS) is 20.9. The van der Waals surface area contributed by atoms with Crippen molar-refractivity contribution >= 4 is 11.7 Å². The number of hydrogen-bond acceptors (Lipinski definition) is 3. The molecule has 102 valence electrons. The van der Waals surface area contributed by atoms with Crippen molar-refractivity contribution in [3.8, 4) is 0 Å². The van der Waals surface area contributed by atoms with E-state index in [9.17, 15) is 4.79 Å². The first-order valence-electron chi connectivity index (χ1n) is 6.76. The van der Waals surface area contributed by atoms with Gasteiger partial charge in [-0.2, -0.15) is 0 Å². The van der Waals surface area contributed by atoms with Crippen LogP contribution in [0.25, 0.3) is 0 Å². The van der Waals surface area contributed by atoms with Gasteiger partial charge >= 0.3 is 6.03 Å². The summed E-state index contributed by atoms with van der Waals surface area (Å²) < 4.78 is 5.21. The standard InChI is InChI=1S/C14H19N3O2/c18-14(15-12-4-2-1-3-5-12)17-8-6-16(7-9-17)13-10-19-11-13/h1-5,13H,6-11H2,(H,15,18). The molecule has 2 heterocycles. The molecule has 0 radical (unpaired) electrons. The number of para-hydroxylation sites is 1. The summed E-state index contributed by atoms with van der Waals surface area (Å²) in [7, 11) is 0. The highest BCUT2D eigenvalue weighted by Gasteiger charge is 2.30. The summed E-state index contributed by atoms with van der Waals surface area (Å²) in [6, 6.07) is 10.2. The number of carbonyl (C=O) groups excluding carboxylic acids is 1. The predicted octanol–water partition coefficient (Wildman–Crippen LogP) is 1.23. The highest BCUT2D eigenvalue weighted by molar-refractivity contribution is 5.89. The minimum atomic E-state index is -0.00397. The summed E-state index contributed by atoms with van der Waals surface area (Å²) in [6.07, 6.45) is 0. The molecule has 0 aliphatic carbocycles. The molecule has 0 saturated carbocycles. The van der Waals surface area contributed by atoms with E-state index in [1.807, 2.05) is 35.2 Å². The van der Waals surface area contributed by atoms with E-state index in [0.717, 1.165) is 45.1 Å². The number of urea groups is 1. The first kappa shape index (κ1) is 12.4. The van der Waals surface area contributed by atoms with Crippen molar-refractivity contribution in [2.75, 3.05) is 44.7 Å². The second-order valence-electron chi connectivity index (χ2n) is 5.01. The van der Waals surface area contributed by atoms with Gasteiger partial charge in [-0.3, -0.25) is 4.90 Å². The zero-order valence-electron chi connectivity index (χ0n) is 10.9. The van der Waals surface area contributed by atoms with E-state index in [1.165, 1.54) is 0 Å². The van der Waals surface area contributed by atoms with Gasteiger partial charge in [0.1, 0.15) is 0 Å². The third-order valence-electron chi connectivity index (χ3n) is 3.76. The molecule has 2 aliphatic heterocycles. The van der Waals surface area contributed by atoms with E-state index in [2.05, 4.69) is 10.2 Å². The molecule has 2 amide bonds. The van der Waals surface area contributed by atoms with Gasteiger partial charge < -0.3 is 15.0 Å². The lowest BCUT2D eigenvalue weighted by molar-refractivity contribution is -0.0737. The van der Waals surface area contributed by atoms with Gasteiger partial charge in [0.25, 0.3) is 0 Å². The zero-order chi connectivity index (χ0) is 13.1. The molecule has 5 heteroatoms. The van der Waals surface area contributed by atoms with E-state index < -0.39 is 0 Å². The van der Waals surface area contributed by atoms with Gasteiger partial charge in [0.15, 0.2) is 0 Å². The van der Waals surface area contributed by atoms with Crippen LogP contribution >= 0.6 is 0 Å². The van der Waals surface area contributed by atoms with Crippen molar-refractivity contribution in [3.63, 3.8) is 0 Å². The third kappa shape index (κ3) is 2.88. The average Bonchev–Trinajstić information content (AvgIpc) is 2.39. The number of benzene rings is 1. The maximum atomic E-state index is 12.1. The van der Waals surface area contributed by atoms with Crippen LogP contribution in [0.3, 0.4) is 0 Å². The third-order valence-corrected chi connectivity index (χ3v) is 3.76. The van der Waals surface area contributed by atoms with Gasteiger partial charge in [-0.1, -0.05) is 18.2 Å². The second-order valence-corrected chi connectivity index (χ2v) is 5.01. The lowest BCUT2D eigenvalue weighted by Crippen LogP contribution is -2.57. The van der Waals surface area contributed by atoms with Gasteiger partial charge in [0.05, 0.1) is 19.3 Å². The molecule has 2 aliphatic rings. The number of piperazine rings is 1. The Labute approximate surface area is 113 Å². The Balaban J connectivity index is 1.49. The van der Waals surface area contributed by atoms with Crippen LogP contribution in [0.2, 0.25) is 0 Å². The number of hydrogen-bond donors (Lipinski definition) is 1. The molecule has 1 aromatic rings. The number of nitrogens with one attached hydrogen (secondary N) is 1. The quantitative estimate of drug-likeness (QED) is 0.871. The summed E-state index contributed by atoms with van der Waals surface area (Å²) >= 11 is 0. The van der Waals surface area contributed by atoms with E-state index in [4.69, 9.17) is 4.74 Å². The number of nitrogens with zero attached hydrogens (tertiary/aromatic N) is 2. The van der Waals surface area contributed by atoms with Crippen molar-refractivity contribution in [3.05, 3.63) is 30.3 Å². The summed E-state index contributed by atoms with van der Waals surface area (Å²) in [5, 5.41) is 2.93. The van der Waals surface area contributed by atoms with Gasteiger partial charge in [-0.25, -0.2) is 4.79 Å². The lowest BCUT2D eigenvalue weighted by atomic mass is 10.2. The van der Waals surface area contributed by atoms with Crippen LogP contribution in [0.15, 0.2) is 30.3 Å². The molecule has 3 rings (SSSR count). The van der Waals surface area contributed by atoms with Gasteiger partial charge in [0.2, 0.25) is 0 Å². The molecular formula is C14H19N3O2. The predicted molar refractivity (Wildman–Crippen MR) is 73.2 cm³/mol. The highest BCUT2D eigenvalue weighted by Crippen LogP contribution is 2.14. The summed E-state index contributed by atoms with van der Waals surface area (Å²) in [6.45, 7) is 5.14. The summed E-state index contributed by atoms with van der Waals surface area (Å²) in [4.78, 5) is 16.4. The van der Waals surface area contributed by atoms with Crippen LogP contribution < -0.4 is 5.32 Å². The fraction of sp³-hybridized carbons (Fsp3) is 0.500. The van der Waals surface area contributed by atoms with Crippen LogP contribution in [-0.2, 0) is 4.74 Å². The number of anilines is 1. The maximum Gasteiger partial charge on any atom is 0.321 e. The molecule has 0 atom stereocenters.